The highest BCUT2D eigenvalue weighted by molar-refractivity contribution is 6.03. The molecule has 0 aromatic carbocycles. The first kappa shape index (κ1) is 14.7. The Bertz CT molecular complexity index is 638. The number of hydrogen-bond acceptors (Lipinski definition) is 6. The van der Waals surface area contributed by atoms with E-state index in [1.54, 1.807) is 13.2 Å². The fourth-order valence-electron chi connectivity index (χ4n) is 1.78. The molecule has 2 aromatic heterocycles. The van der Waals surface area contributed by atoms with Crippen molar-refractivity contribution < 1.29 is 14.3 Å². The predicted octanol–water partition coefficient (Wildman–Crippen LogP) is 1.47. The Kier molecular flexibility index (Phi) is 4.32. The van der Waals surface area contributed by atoms with Gasteiger partial charge in [-0.2, -0.15) is 9.97 Å². The summed E-state index contributed by atoms with van der Waals surface area (Å²) >= 11 is 0. The summed E-state index contributed by atoms with van der Waals surface area (Å²) in [5.41, 5.74) is 0.878. The van der Waals surface area contributed by atoms with E-state index >= 15 is 0 Å². The number of nitrogens with zero attached hydrogens (tertiary/aromatic N) is 4. The lowest BCUT2D eigenvalue weighted by atomic mass is 10.2. The number of amides is 1. The Hall–Kier alpha value is -2.70. The Morgan fingerprint density at radius 2 is 1.81 bits per heavy atom. The minimum atomic E-state index is -0.394. The summed E-state index contributed by atoms with van der Waals surface area (Å²) in [5.74, 6) is 0.660. The number of pyridine rings is 1. The van der Waals surface area contributed by atoms with Crippen molar-refractivity contribution in [1.82, 2.24) is 15.0 Å². The first-order valence-corrected chi connectivity index (χ1v) is 6.23. The van der Waals surface area contributed by atoms with Crippen molar-refractivity contribution in [1.29, 1.82) is 0 Å². The molecule has 0 N–H and O–H groups in total. The quantitative estimate of drug-likeness (QED) is 0.848. The van der Waals surface area contributed by atoms with E-state index in [4.69, 9.17) is 9.47 Å². The zero-order valence-corrected chi connectivity index (χ0v) is 12.3. The van der Waals surface area contributed by atoms with Crippen LogP contribution in [0.4, 0.5) is 5.82 Å². The van der Waals surface area contributed by atoms with Gasteiger partial charge in [-0.25, -0.2) is 4.98 Å². The number of carbonyl (C=O) groups is 1. The molecule has 0 bridgehead atoms. The molecule has 7 nitrogen and oxygen atoms in total. The zero-order chi connectivity index (χ0) is 15.4. The van der Waals surface area contributed by atoms with Crippen molar-refractivity contribution >= 4 is 11.7 Å². The lowest BCUT2D eigenvalue weighted by molar-refractivity contribution is 0.0980. The average molecular weight is 288 g/mol. The zero-order valence-electron chi connectivity index (χ0n) is 12.3. The molecule has 110 valence electrons. The van der Waals surface area contributed by atoms with Gasteiger partial charge in [0.1, 0.15) is 5.82 Å². The number of anilines is 1. The maximum Gasteiger partial charge on any atom is 0.297 e. The molecule has 0 unspecified atom stereocenters. The van der Waals surface area contributed by atoms with Gasteiger partial charge in [-0.1, -0.05) is 6.07 Å². The van der Waals surface area contributed by atoms with E-state index in [-0.39, 0.29) is 17.6 Å². The van der Waals surface area contributed by atoms with Gasteiger partial charge < -0.3 is 9.47 Å². The SMILES string of the molecule is COc1cc(OC)nc(C(=O)N(C)c2ncccc2C)n1. The smallest absolute Gasteiger partial charge is 0.297 e. The monoisotopic (exact) mass is 288 g/mol. The fourth-order valence-corrected chi connectivity index (χ4v) is 1.78. The van der Waals surface area contributed by atoms with Gasteiger partial charge in [0.25, 0.3) is 5.91 Å². The van der Waals surface area contributed by atoms with Gasteiger partial charge >= 0.3 is 0 Å². The molecule has 0 aliphatic rings. The molecule has 7 heteroatoms. The Balaban J connectivity index is 2.37. The maximum absolute atomic E-state index is 12.5. The van der Waals surface area contributed by atoms with Crippen molar-refractivity contribution in [3.8, 4) is 11.8 Å². The number of aromatic nitrogens is 3. The molecule has 0 fully saturated rings. The lowest BCUT2D eigenvalue weighted by Gasteiger charge is -2.17. The molecular weight excluding hydrogens is 272 g/mol. The minimum Gasteiger partial charge on any atom is -0.481 e. The van der Waals surface area contributed by atoms with Gasteiger partial charge in [-0.05, 0) is 18.6 Å². The van der Waals surface area contributed by atoms with E-state index < -0.39 is 5.91 Å². The second kappa shape index (κ2) is 6.17. The van der Waals surface area contributed by atoms with Crippen LogP contribution in [0, 0.1) is 6.92 Å². The van der Waals surface area contributed by atoms with Crippen molar-refractivity contribution in [2.75, 3.05) is 26.2 Å². The molecule has 2 heterocycles. The van der Waals surface area contributed by atoms with Crippen LogP contribution in [0.25, 0.3) is 0 Å². The van der Waals surface area contributed by atoms with E-state index in [1.807, 2.05) is 19.1 Å². The maximum atomic E-state index is 12.5. The summed E-state index contributed by atoms with van der Waals surface area (Å²) in [6, 6.07) is 5.18. The predicted molar refractivity (Wildman–Crippen MR) is 76.8 cm³/mol. The number of carbonyl (C=O) groups excluding carboxylic acids is 1. The number of hydrogen-bond donors (Lipinski definition) is 0. The van der Waals surface area contributed by atoms with E-state index in [1.165, 1.54) is 25.2 Å². The average Bonchev–Trinajstić information content (AvgIpc) is 2.53. The van der Waals surface area contributed by atoms with Crippen molar-refractivity contribution in [3.63, 3.8) is 0 Å². The Labute approximate surface area is 122 Å². The standard InChI is InChI=1S/C14H16N4O3/c1-9-6-5-7-15-13(9)18(2)14(19)12-16-10(20-3)8-11(17-12)21-4/h5-8H,1-4H3. The molecule has 0 atom stereocenters. The van der Waals surface area contributed by atoms with E-state index in [0.717, 1.165) is 5.56 Å². The van der Waals surface area contributed by atoms with Crippen molar-refractivity contribution in [2.24, 2.45) is 0 Å². The largest absolute Gasteiger partial charge is 0.481 e. The molecule has 0 saturated heterocycles. The highest BCUT2D eigenvalue weighted by Gasteiger charge is 2.20. The van der Waals surface area contributed by atoms with Crippen LogP contribution in [0.2, 0.25) is 0 Å². The Morgan fingerprint density at radius 1 is 1.19 bits per heavy atom. The molecule has 2 aromatic rings. The number of rotatable bonds is 4. The number of aryl methyl sites for hydroxylation is 1. The Morgan fingerprint density at radius 3 is 2.33 bits per heavy atom. The van der Waals surface area contributed by atoms with Gasteiger partial charge in [-0.15, -0.1) is 0 Å². The van der Waals surface area contributed by atoms with Crippen LogP contribution in [0.1, 0.15) is 16.2 Å². The summed E-state index contributed by atoms with van der Waals surface area (Å²) in [7, 11) is 4.54. The van der Waals surface area contributed by atoms with Gasteiger partial charge in [-0.3, -0.25) is 9.69 Å². The van der Waals surface area contributed by atoms with Crippen LogP contribution in [0.3, 0.4) is 0 Å². The molecule has 2 rings (SSSR count). The molecule has 1 amide bonds. The van der Waals surface area contributed by atoms with Crippen LogP contribution < -0.4 is 14.4 Å². The van der Waals surface area contributed by atoms with Crippen molar-refractivity contribution in [3.05, 3.63) is 35.8 Å². The van der Waals surface area contributed by atoms with Gasteiger partial charge in [0, 0.05) is 13.2 Å². The summed E-state index contributed by atoms with van der Waals surface area (Å²) < 4.78 is 10.1. The number of ether oxygens (including phenoxy) is 2. The molecule has 21 heavy (non-hydrogen) atoms. The fraction of sp³-hybridized carbons (Fsp3) is 0.286. The second-order valence-electron chi connectivity index (χ2n) is 4.28. The lowest BCUT2D eigenvalue weighted by Crippen LogP contribution is -2.29. The second-order valence-corrected chi connectivity index (χ2v) is 4.28. The van der Waals surface area contributed by atoms with Crippen molar-refractivity contribution in [2.45, 2.75) is 6.92 Å². The molecule has 0 aliphatic carbocycles. The molecular formula is C14H16N4O3. The van der Waals surface area contributed by atoms with E-state index in [0.29, 0.717) is 5.82 Å². The molecule has 0 radical (unpaired) electrons. The van der Waals surface area contributed by atoms with E-state index in [2.05, 4.69) is 15.0 Å². The highest BCUT2D eigenvalue weighted by Crippen LogP contribution is 2.19. The molecule has 0 aliphatic heterocycles. The van der Waals surface area contributed by atoms with Crippen LogP contribution in [0.15, 0.2) is 24.4 Å². The van der Waals surface area contributed by atoms with Gasteiger partial charge in [0.05, 0.1) is 20.3 Å². The first-order chi connectivity index (χ1) is 10.1. The normalized spacial score (nSPS) is 10.1. The van der Waals surface area contributed by atoms with Gasteiger partial charge in [0.2, 0.25) is 17.6 Å². The molecule has 0 saturated carbocycles. The van der Waals surface area contributed by atoms with Crippen LogP contribution >= 0.6 is 0 Å². The topological polar surface area (TPSA) is 77.4 Å². The molecule has 0 spiro atoms. The summed E-state index contributed by atoms with van der Waals surface area (Å²) in [6.07, 6.45) is 1.62. The third-order valence-electron chi connectivity index (χ3n) is 2.89. The summed E-state index contributed by atoms with van der Waals surface area (Å²) in [4.78, 5) is 26.2. The number of methoxy groups -OCH3 is 2. The third-order valence-corrected chi connectivity index (χ3v) is 2.89. The summed E-state index contributed by atoms with van der Waals surface area (Å²) in [5, 5.41) is 0. The van der Waals surface area contributed by atoms with Crippen LogP contribution in [-0.4, -0.2) is 42.1 Å². The third kappa shape index (κ3) is 3.07. The first-order valence-electron chi connectivity index (χ1n) is 6.23. The minimum absolute atomic E-state index is 0.0150. The van der Waals surface area contributed by atoms with Crippen LogP contribution in [-0.2, 0) is 0 Å². The van der Waals surface area contributed by atoms with Gasteiger partial charge in [0.15, 0.2) is 0 Å². The van der Waals surface area contributed by atoms with Crippen LogP contribution in [0.5, 0.6) is 11.8 Å². The van der Waals surface area contributed by atoms with E-state index in [9.17, 15) is 4.79 Å². The summed E-state index contributed by atoms with van der Waals surface area (Å²) in [6.45, 7) is 1.87. The highest BCUT2D eigenvalue weighted by atomic mass is 16.5.